The van der Waals surface area contributed by atoms with Crippen molar-refractivity contribution in [1.82, 2.24) is 19.4 Å². The molecule has 1 aliphatic rings. The minimum Gasteiger partial charge on any atom is -0.312 e. The highest BCUT2D eigenvalue weighted by Crippen LogP contribution is 2.25. The SMILES string of the molecule is CC(C)Cn1c(CC2CCCN2C(C)C)nc2cccnc21. The normalized spacial score (nSPS) is 19.8. The number of hydrogen-bond acceptors (Lipinski definition) is 3. The van der Waals surface area contributed by atoms with E-state index in [4.69, 9.17) is 4.98 Å². The van der Waals surface area contributed by atoms with E-state index in [9.17, 15) is 0 Å². The molecule has 0 spiro atoms. The summed E-state index contributed by atoms with van der Waals surface area (Å²) in [5.41, 5.74) is 2.08. The van der Waals surface area contributed by atoms with Crippen molar-refractivity contribution >= 4 is 11.2 Å². The predicted molar refractivity (Wildman–Crippen MR) is 90.9 cm³/mol. The first-order valence-electron chi connectivity index (χ1n) is 8.62. The first-order chi connectivity index (χ1) is 10.6. The molecule has 0 aromatic carbocycles. The van der Waals surface area contributed by atoms with Crippen LogP contribution in [0.25, 0.3) is 11.2 Å². The summed E-state index contributed by atoms with van der Waals surface area (Å²) in [5, 5.41) is 0. The molecule has 0 bridgehead atoms. The molecule has 120 valence electrons. The fourth-order valence-electron chi connectivity index (χ4n) is 3.69. The summed E-state index contributed by atoms with van der Waals surface area (Å²) in [6.45, 7) is 11.3. The fourth-order valence-corrected chi connectivity index (χ4v) is 3.69. The van der Waals surface area contributed by atoms with Crippen LogP contribution in [0.4, 0.5) is 0 Å². The molecule has 3 heterocycles. The molecule has 1 aliphatic heterocycles. The molecule has 0 N–H and O–H groups in total. The van der Waals surface area contributed by atoms with Crippen molar-refractivity contribution in [3.63, 3.8) is 0 Å². The Morgan fingerprint density at radius 3 is 2.82 bits per heavy atom. The first-order valence-corrected chi connectivity index (χ1v) is 8.62. The van der Waals surface area contributed by atoms with Crippen LogP contribution in [0.1, 0.15) is 46.4 Å². The van der Waals surface area contributed by atoms with Gasteiger partial charge in [-0.15, -0.1) is 0 Å². The van der Waals surface area contributed by atoms with Crippen LogP contribution in [0.3, 0.4) is 0 Å². The van der Waals surface area contributed by atoms with Crippen LogP contribution >= 0.6 is 0 Å². The maximum atomic E-state index is 4.90. The summed E-state index contributed by atoms with van der Waals surface area (Å²) >= 11 is 0. The topological polar surface area (TPSA) is 34.0 Å². The quantitative estimate of drug-likeness (QED) is 0.847. The van der Waals surface area contributed by atoms with Gasteiger partial charge in [-0.2, -0.15) is 0 Å². The van der Waals surface area contributed by atoms with E-state index in [1.165, 1.54) is 25.2 Å². The molecule has 2 aromatic heterocycles. The second kappa shape index (κ2) is 6.37. The Hall–Kier alpha value is -1.42. The van der Waals surface area contributed by atoms with Crippen LogP contribution in [-0.2, 0) is 13.0 Å². The van der Waals surface area contributed by atoms with Crippen LogP contribution < -0.4 is 0 Å². The fraction of sp³-hybridized carbons (Fsp3) is 0.667. The van der Waals surface area contributed by atoms with Gasteiger partial charge in [-0.1, -0.05) is 13.8 Å². The molecule has 0 amide bonds. The summed E-state index contributed by atoms with van der Waals surface area (Å²) < 4.78 is 2.34. The van der Waals surface area contributed by atoms with Crippen LogP contribution in [0.15, 0.2) is 18.3 Å². The summed E-state index contributed by atoms with van der Waals surface area (Å²) in [4.78, 5) is 12.1. The highest BCUT2D eigenvalue weighted by molar-refractivity contribution is 5.71. The summed E-state index contributed by atoms with van der Waals surface area (Å²) in [5.74, 6) is 1.81. The van der Waals surface area contributed by atoms with E-state index < -0.39 is 0 Å². The molecule has 3 rings (SSSR count). The third kappa shape index (κ3) is 3.02. The lowest BCUT2D eigenvalue weighted by Crippen LogP contribution is -2.37. The van der Waals surface area contributed by atoms with Gasteiger partial charge in [0, 0.05) is 31.2 Å². The zero-order valence-corrected chi connectivity index (χ0v) is 14.3. The van der Waals surface area contributed by atoms with E-state index in [2.05, 4.69) is 48.2 Å². The van der Waals surface area contributed by atoms with Crippen molar-refractivity contribution in [2.75, 3.05) is 6.54 Å². The molecule has 1 saturated heterocycles. The summed E-state index contributed by atoms with van der Waals surface area (Å²) in [7, 11) is 0. The third-order valence-electron chi connectivity index (χ3n) is 4.63. The molecule has 4 nitrogen and oxygen atoms in total. The van der Waals surface area contributed by atoms with Gasteiger partial charge in [0.05, 0.1) is 0 Å². The van der Waals surface area contributed by atoms with Crippen LogP contribution in [0.2, 0.25) is 0 Å². The highest BCUT2D eigenvalue weighted by atomic mass is 15.2. The Bertz CT molecular complexity index is 629. The van der Waals surface area contributed by atoms with Gasteiger partial charge in [-0.05, 0) is 51.3 Å². The van der Waals surface area contributed by atoms with Crippen molar-refractivity contribution in [1.29, 1.82) is 0 Å². The zero-order chi connectivity index (χ0) is 15.7. The van der Waals surface area contributed by atoms with E-state index >= 15 is 0 Å². The monoisotopic (exact) mass is 300 g/mol. The lowest BCUT2D eigenvalue weighted by atomic mass is 10.1. The smallest absolute Gasteiger partial charge is 0.159 e. The molecule has 22 heavy (non-hydrogen) atoms. The number of rotatable bonds is 5. The Labute approximate surface area is 133 Å². The van der Waals surface area contributed by atoms with Crippen molar-refractivity contribution < 1.29 is 0 Å². The average Bonchev–Trinajstić information content (AvgIpc) is 3.05. The molecule has 0 saturated carbocycles. The number of fused-ring (bicyclic) bond motifs is 1. The van der Waals surface area contributed by atoms with Crippen molar-refractivity contribution in [3.05, 3.63) is 24.2 Å². The van der Waals surface area contributed by atoms with Gasteiger partial charge < -0.3 is 4.57 Å². The zero-order valence-electron chi connectivity index (χ0n) is 14.3. The number of imidazole rings is 1. The molecule has 1 unspecified atom stereocenters. The number of pyridine rings is 1. The molecular weight excluding hydrogens is 272 g/mol. The molecule has 0 radical (unpaired) electrons. The maximum absolute atomic E-state index is 4.90. The first kappa shape index (κ1) is 15.5. The molecular formula is C18H28N4. The van der Waals surface area contributed by atoms with Gasteiger partial charge in [-0.3, -0.25) is 4.90 Å². The van der Waals surface area contributed by atoms with E-state index in [0.717, 1.165) is 24.1 Å². The Morgan fingerprint density at radius 1 is 1.27 bits per heavy atom. The summed E-state index contributed by atoms with van der Waals surface area (Å²) in [6.07, 6.45) is 5.52. The predicted octanol–water partition coefficient (Wildman–Crippen LogP) is 3.50. The second-order valence-corrected chi connectivity index (χ2v) is 7.21. The summed E-state index contributed by atoms with van der Waals surface area (Å²) in [6, 6.07) is 5.31. The van der Waals surface area contributed by atoms with Gasteiger partial charge in [0.25, 0.3) is 0 Å². The van der Waals surface area contributed by atoms with E-state index in [1.807, 2.05) is 12.3 Å². The third-order valence-corrected chi connectivity index (χ3v) is 4.63. The Kier molecular flexibility index (Phi) is 4.48. The van der Waals surface area contributed by atoms with Crippen molar-refractivity contribution in [3.8, 4) is 0 Å². The van der Waals surface area contributed by atoms with E-state index in [0.29, 0.717) is 18.0 Å². The highest BCUT2D eigenvalue weighted by Gasteiger charge is 2.28. The van der Waals surface area contributed by atoms with Crippen molar-refractivity contribution in [2.45, 2.75) is 65.6 Å². The lowest BCUT2D eigenvalue weighted by molar-refractivity contribution is 0.200. The molecule has 1 fully saturated rings. The van der Waals surface area contributed by atoms with Gasteiger partial charge in [0.2, 0.25) is 0 Å². The number of nitrogens with zero attached hydrogens (tertiary/aromatic N) is 4. The number of hydrogen-bond donors (Lipinski definition) is 0. The second-order valence-electron chi connectivity index (χ2n) is 7.21. The van der Waals surface area contributed by atoms with Gasteiger partial charge >= 0.3 is 0 Å². The van der Waals surface area contributed by atoms with Crippen LogP contribution in [-0.4, -0.2) is 38.1 Å². The van der Waals surface area contributed by atoms with Crippen molar-refractivity contribution in [2.24, 2.45) is 5.92 Å². The largest absolute Gasteiger partial charge is 0.312 e. The molecule has 1 atom stereocenters. The van der Waals surface area contributed by atoms with Gasteiger partial charge in [-0.25, -0.2) is 9.97 Å². The van der Waals surface area contributed by atoms with Crippen LogP contribution in [0, 0.1) is 5.92 Å². The maximum Gasteiger partial charge on any atom is 0.159 e. The standard InChI is InChI=1S/C18H28N4/c1-13(2)12-22-17(20-16-8-5-9-19-18(16)22)11-15-7-6-10-21(15)14(3)4/h5,8-9,13-15H,6-7,10-12H2,1-4H3. The number of likely N-dealkylation sites (tertiary alicyclic amines) is 1. The van der Waals surface area contributed by atoms with Gasteiger partial charge in [0.15, 0.2) is 5.65 Å². The average molecular weight is 300 g/mol. The van der Waals surface area contributed by atoms with Crippen LogP contribution in [0.5, 0.6) is 0 Å². The minimum absolute atomic E-state index is 0.600. The number of aromatic nitrogens is 3. The molecule has 2 aromatic rings. The minimum atomic E-state index is 0.600. The molecule has 4 heteroatoms. The van der Waals surface area contributed by atoms with E-state index in [-0.39, 0.29) is 0 Å². The Balaban J connectivity index is 1.92. The Morgan fingerprint density at radius 2 is 2.09 bits per heavy atom. The molecule has 0 aliphatic carbocycles. The van der Waals surface area contributed by atoms with E-state index in [1.54, 1.807) is 0 Å². The van der Waals surface area contributed by atoms with Gasteiger partial charge in [0.1, 0.15) is 11.3 Å². The lowest BCUT2D eigenvalue weighted by Gasteiger charge is -2.28.